The molecule has 1 fully saturated rings. The standard InChI is InChI=1S/C19H18Cl2N4.3C2H6/c20-15-2-1-14(11-16(15)21)18-17(12-3-7-22-8-4-12)24-19(25-18)13-5-9-23-10-6-13;3*1-2/h1-4,7-8,11,13,23H,5-6,9-10H2,(H,24,25);3*1-2H3. The Morgan fingerprint density at radius 1 is 0.806 bits per heavy atom. The summed E-state index contributed by atoms with van der Waals surface area (Å²) in [6.07, 6.45) is 5.76. The summed E-state index contributed by atoms with van der Waals surface area (Å²) in [7, 11) is 0. The minimum Gasteiger partial charge on any atom is -0.341 e. The molecule has 0 spiro atoms. The third-order valence-electron chi connectivity index (χ3n) is 4.61. The molecule has 2 aromatic heterocycles. The highest BCUT2D eigenvalue weighted by molar-refractivity contribution is 6.42. The first kappa shape index (κ1) is 27.2. The number of hydrogen-bond acceptors (Lipinski definition) is 3. The van der Waals surface area contributed by atoms with Crippen molar-refractivity contribution in [2.24, 2.45) is 0 Å². The first-order valence-electron chi connectivity index (χ1n) is 11.4. The van der Waals surface area contributed by atoms with E-state index in [2.05, 4.69) is 15.3 Å². The molecule has 0 atom stereocenters. The number of hydrogen-bond donors (Lipinski definition) is 2. The fourth-order valence-corrected chi connectivity index (χ4v) is 3.56. The summed E-state index contributed by atoms with van der Waals surface area (Å²) >= 11 is 12.3. The number of piperidine rings is 1. The molecule has 6 heteroatoms. The molecule has 0 aliphatic carbocycles. The van der Waals surface area contributed by atoms with E-state index in [-0.39, 0.29) is 0 Å². The lowest BCUT2D eigenvalue weighted by Crippen LogP contribution is -2.27. The topological polar surface area (TPSA) is 53.6 Å². The van der Waals surface area contributed by atoms with Crippen molar-refractivity contribution >= 4 is 23.2 Å². The van der Waals surface area contributed by atoms with E-state index in [1.54, 1.807) is 12.4 Å². The van der Waals surface area contributed by atoms with E-state index in [1.807, 2.05) is 71.9 Å². The molecule has 1 aliphatic heterocycles. The molecule has 1 saturated heterocycles. The van der Waals surface area contributed by atoms with Gasteiger partial charge in [0.05, 0.1) is 21.4 Å². The van der Waals surface area contributed by atoms with Gasteiger partial charge in [-0.1, -0.05) is 70.8 Å². The van der Waals surface area contributed by atoms with Crippen molar-refractivity contribution in [2.45, 2.75) is 60.3 Å². The molecular weight excluding hydrogens is 427 g/mol. The number of benzene rings is 1. The third-order valence-corrected chi connectivity index (χ3v) is 5.35. The van der Waals surface area contributed by atoms with E-state index < -0.39 is 0 Å². The summed E-state index contributed by atoms with van der Waals surface area (Å²) in [5.74, 6) is 1.48. The van der Waals surface area contributed by atoms with Crippen LogP contribution < -0.4 is 5.32 Å². The molecule has 0 saturated carbocycles. The Morgan fingerprint density at radius 3 is 2.00 bits per heavy atom. The van der Waals surface area contributed by atoms with E-state index in [4.69, 9.17) is 28.2 Å². The third kappa shape index (κ3) is 7.34. The quantitative estimate of drug-likeness (QED) is 0.414. The molecule has 0 bridgehead atoms. The van der Waals surface area contributed by atoms with Gasteiger partial charge in [-0.3, -0.25) is 4.98 Å². The number of nitrogens with zero attached hydrogens (tertiary/aromatic N) is 2. The summed E-state index contributed by atoms with van der Waals surface area (Å²) in [4.78, 5) is 12.6. The number of aromatic nitrogens is 3. The first-order valence-corrected chi connectivity index (χ1v) is 12.1. The van der Waals surface area contributed by atoms with Crippen LogP contribution in [0.1, 0.15) is 66.1 Å². The Bertz CT molecular complexity index is 872. The van der Waals surface area contributed by atoms with Crippen molar-refractivity contribution in [2.75, 3.05) is 13.1 Å². The van der Waals surface area contributed by atoms with Gasteiger partial charge in [-0.2, -0.15) is 0 Å². The van der Waals surface area contributed by atoms with E-state index >= 15 is 0 Å². The zero-order chi connectivity index (χ0) is 23.2. The Morgan fingerprint density at radius 2 is 1.42 bits per heavy atom. The van der Waals surface area contributed by atoms with Crippen LogP contribution in [-0.4, -0.2) is 28.0 Å². The van der Waals surface area contributed by atoms with Gasteiger partial charge in [0.15, 0.2) is 0 Å². The number of nitrogens with one attached hydrogen (secondary N) is 2. The van der Waals surface area contributed by atoms with Gasteiger partial charge in [-0.25, -0.2) is 4.98 Å². The maximum atomic E-state index is 6.23. The smallest absolute Gasteiger partial charge is 0.110 e. The van der Waals surface area contributed by atoms with Crippen molar-refractivity contribution in [1.29, 1.82) is 0 Å². The largest absolute Gasteiger partial charge is 0.341 e. The highest BCUT2D eigenvalue weighted by atomic mass is 35.5. The number of halogens is 2. The van der Waals surface area contributed by atoms with Gasteiger partial charge in [0, 0.05) is 29.4 Å². The van der Waals surface area contributed by atoms with Gasteiger partial charge in [0.2, 0.25) is 0 Å². The maximum absolute atomic E-state index is 6.23. The monoisotopic (exact) mass is 462 g/mol. The lowest BCUT2D eigenvalue weighted by atomic mass is 9.98. The molecule has 4 nitrogen and oxygen atoms in total. The summed E-state index contributed by atoms with van der Waals surface area (Å²) in [6, 6.07) is 9.62. The number of H-pyrrole nitrogens is 1. The van der Waals surface area contributed by atoms with Gasteiger partial charge >= 0.3 is 0 Å². The molecule has 170 valence electrons. The Labute approximate surface area is 197 Å². The fraction of sp³-hybridized carbons (Fsp3) is 0.440. The van der Waals surface area contributed by atoms with Crippen LogP contribution in [0.4, 0.5) is 0 Å². The van der Waals surface area contributed by atoms with Gasteiger partial charge in [0.1, 0.15) is 5.82 Å². The van der Waals surface area contributed by atoms with E-state index in [1.165, 1.54) is 0 Å². The SMILES string of the molecule is CC.CC.CC.Clc1ccc(-c2nc(C3CCNCC3)[nH]c2-c2ccncc2)cc1Cl. The highest BCUT2D eigenvalue weighted by Gasteiger charge is 2.22. The van der Waals surface area contributed by atoms with Crippen molar-refractivity contribution < 1.29 is 0 Å². The molecule has 0 unspecified atom stereocenters. The fourth-order valence-electron chi connectivity index (χ4n) is 3.26. The summed E-state index contributed by atoms with van der Waals surface area (Å²) in [5, 5.41) is 4.48. The van der Waals surface area contributed by atoms with Crippen molar-refractivity contribution in [3.8, 4) is 22.5 Å². The van der Waals surface area contributed by atoms with E-state index in [0.29, 0.717) is 16.0 Å². The number of pyridine rings is 1. The second-order valence-electron chi connectivity index (χ2n) is 6.23. The van der Waals surface area contributed by atoms with E-state index in [9.17, 15) is 0 Å². The number of rotatable bonds is 3. The molecule has 4 rings (SSSR count). The first-order chi connectivity index (χ1) is 15.2. The number of aromatic amines is 1. The average Bonchev–Trinajstić information content (AvgIpc) is 3.31. The molecular formula is C25H36Cl2N4. The van der Waals surface area contributed by atoms with Crippen LogP contribution in [0.3, 0.4) is 0 Å². The summed E-state index contributed by atoms with van der Waals surface area (Å²) in [5.41, 5.74) is 3.91. The zero-order valence-electron chi connectivity index (χ0n) is 19.6. The molecule has 0 radical (unpaired) electrons. The van der Waals surface area contributed by atoms with Gasteiger partial charge in [0.25, 0.3) is 0 Å². The van der Waals surface area contributed by atoms with Crippen molar-refractivity contribution in [1.82, 2.24) is 20.3 Å². The normalized spacial score (nSPS) is 13.0. The molecule has 1 aromatic carbocycles. The zero-order valence-corrected chi connectivity index (χ0v) is 21.1. The molecule has 31 heavy (non-hydrogen) atoms. The number of imidazole rings is 1. The summed E-state index contributed by atoms with van der Waals surface area (Å²) in [6.45, 7) is 14.1. The van der Waals surface area contributed by atoms with Crippen molar-refractivity contribution in [3.05, 3.63) is 58.6 Å². The highest BCUT2D eigenvalue weighted by Crippen LogP contribution is 2.36. The van der Waals surface area contributed by atoms with Crippen LogP contribution >= 0.6 is 23.2 Å². The Kier molecular flexibility index (Phi) is 13.1. The van der Waals surface area contributed by atoms with Crippen LogP contribution in [-0.2, 0) is 0 Å². The summed E-state index contributed by atoms with van der Waals surface area (Å²) < 4.78 is 0. The predicted octanol–water partition coefficient (Wildman–Crippen LogP) is 7.99. The molecule has 3 aromatic rings. The Balaban J connectivity index is 0.000000739. The lowest BCUT2D eigenvalue weighted by Gasteiger charge is -2.20. The minimum atomic E-state index is 0.443. The van der Waals surface area contributed by atoms with E-state index in [0.717, 1.165) is 54.3 Å². The van der Waals surface area contributed by atoms with Crippen molar-refractivity contribution in [3.63, 3.8) is 0 Å². The van der Waals surface area contributed by atoms with Crippen LogP contribution in [0, 0.1) is 0 Å². The second kappa shape index (κ2) is 15.0. The lowest BCUT2D eigenvalue weighted by molar-refractivity contribution is 0.447. The molecule has 3 heterocycles. The van der Waals surface area contributed by atoms with Crippen LogP contribution in [0.25, 0.3) is 22.5 Å². The second-order valence-corrected chi connectivity index (χ2v) is 7.05. The van der Waals surface area contributed by atoms with Gasteiger partial charge in [-0.15, -0.1) is 0 Å². The Hall–Kier alpha value is -1.88. The van der Waals surface area contributed by atoms with Crippen LogP contribution in [0.2, 0.25) is 10.0 Å². The average molecular weight is 463 g/mol. The molecule has 0 amide bonds. The maximum Gasteiger partial charge on any atom is 0.110 e. The molecule has 1 aliphatic rings. The molecule has 2 N–H and O–H groups in total. The predicted molar refractivity (Wildman–Crippen MR) is 136 cm³/mol. The minimum absolute atomic E-state index is 0.443. The van der Waals surface area contributed by atoms with Gasteiger partial charge in [-0.05, 0) is 50.2 Å². The van der Waals surface area contributed by atoms with Gasteiger partial charge < -0.3 is 10.3 Å². The van der Waals surface area contributed by atoms with Crippen LogP contribution in [0.5, 0.6) is 0 Å². The van der Waals surface area contributed by atoms with Crippen LogP contribution in [0.15, 0.2) is 42.7 Å².